The number of hydrogen-bond donors (Lipinski definition) is 1. The highest BCUT2D eigenvalue weighted by Crippen LogP contribution is 2.19. The molecule has 0 aliphatic carbocycles. The lowest BCUT2D eigenvalue weighted by atomic mass is 10.1. The number of benzene rings is 1. The van der Waals surface area contributed by atoms with Crippen LogP contribution in [0, 0.1) is 5.82 Å². The van der Waals surface area contributed by atoms with Gasteiger partial charge in [-0.05, 0) is 31.2 Å². The lowest BCUT2D eigenvalue weighted by Gasteiger charge is -2.03. The molecule has 0 fully saturated rings. The van der Waals surface area contributed by atoms with Gasteiger partial charge in [-0.2, -0.15) is 0 Å². The second-order valence-corrected chi connectivity index (χ2v) is 3.84. The maximum Gasteiger partial charge on any atom is 0.124 e. The predicted molar refractivity (Wildman–Crippen MR) is 63.6 cm³/mol. The minimum absolute atomic E-state index is 0.304. The van der Waals surface area contributed by atoms with Crippen molar-refractivity contribution >= 4 is 17.7 Å². The van der Waals surface area contributed by atoms with Crippen molar-refractivity contribution in [2.45, 2.75) is 13.8 Å². The van der Waals surface area contributed by atoms with E-state index < -0.39 is 0 Å². The fourth-order valence-corrected chi connectivity index (χ4v) is 1.48. The van der Waals surface area contributed by atoms with Gasteiger partial charge in [-0.3, -0.25) is 0 Å². The van der Waals surface area contributed by atoms with Crippen molar-refractivity contribution in [2.24, 2.45) is 0 Å². The van der Waals surface area contributed by atoms with Crippen molar-refractivity contribution in [2.75, 3.05) is 13.1 Å². The van der Waals surface area contributed by atoms with E-state index in [0.717, 1.165) is 18.7 Å². The summed E-state index contributed by atoms with van der Waals surface area (Å²) in [4.78, 5) is 0. The normalized spacial score (nSPS) is 11.9. The lowest BCUT2D eigenvalue weighted by molar-refractivity contribution is 0.628. The summed E-state index contributed by atoms with van der Waals surface area (Å²) in [5.41, 5.74) is 2.03. The van der Waals surface area contributed by atoms with Gasteiger partial charge in [0.25, 0.3) is 0 Å². The van der Waals surface area contributed by atoms with E-state index >= 15 is 0 Å². The highest BCUT2D eigenvalue weighted by molar-refractivity contribution is 6.32. The quantitative estimate of drug-likeness (QED) is 0.830. The fraction of sp³-hybridized carbons (Fsp3) is 0.333. The maximum absolute atomic E-state index is 12.8. The van der Waals surface area contributed by atoms with Gasteiger partial charge in [-0.1, -0.05) is 36.2 Å². The van der Waals surface area contributed by atoms with Gasteiger partial charge in [0.15, 0.2) is 0 Å². The Morgan fingerprint density at radius 1 is 1.53 bits per heavy atom. The summed E-state index contributed by atoms with van der Waals surface area (Å²) in [7, 11) is 0. The molecule has 1 aromatic rings. The molecule has 0 saturated carbocycles. The van der Waals surface area contributed by atoms with Crippen LogP contribution in [-0.2, 0) is 0 Å². The van der Waals surface area contributed by atoms with E-state index in [0.29, 0.717) is 5.02 Å². The number of likely N-dealkylation sites (N-methyl/N-ethyl adjacent to an activating group) is 1. The molecule has 0 aliphatic heterocycles. The first-order valence-corrected chi connectivity index (χ1v) is 5.34. The van der Waals surface area contributed by atoms with Crippen LogP contribution >= 0.6 is 11.6 Å². The van der Waals surface area contributed by atoms with E-state index in [1.165, 1.54) is 17.7 Å². The second-order valence-electron chi connectivity index (χ2n) is 3.44. The van der Waals surface area contributed by atoms with E-state index in [9.17, 15) is 4.39 Å². The van der Waals surface area contributed by atoms with Crippen molar-refractivity contribution in [1.29, 1.82) is 0 Å². The van der Waals surface area contributed by atoms with E-state index in [4.69, 9.17) is 11.6 Å². The van der Waals surface area contributed by atoms with Gasteiger partial charge in [0, 0.05) is 6.54 Å². The van der Waals surface area contributed by atoms with Gasteiger partial charge in [0.2, 0.25) is 0 Å². The summed E-state index contributed by atoms with van der Waals surface area (Å²) < 4.78 is 12.8. The smallest absolute Gasteiger partial charge is 0.124 e. The van der Waals surface area contributed by atoms with Crippen LogP contribution in [-0.4, -0.2) is 13.1 Å². The zero-order chi connectivity index (χ0) is 11.3. The zero-order valence-corrected chi connectivity index (χ0v) is 9.74. The first-order chi connectivity index (χ1) is 7.13. The first-order valence-electron chi connectivity index (χ1n) is 4.96. The van der Waals surface area contributed by atoms with Gasteiger partial charge in [-0.25, -0.2) is 4.39 Å². The van der Waals surface area contributed by atoms with Crippen molar-refractivity contribution in [3.8, 4) is 0 Å². The van der Waals surface area contributed by atoms with Gasteiger partial charge in [-0.15, -0.1) is 0 Å². The topological polar surface area (TPSA) is 12.0 Å². The minimum Gasteiger partial charge on any atom is -0.313 e. The van der Waals surface area contributed by atoms with Crippen LogP contribution in [0.3, 0.4) is 0 Å². The zero-order valence-electron chi connectivity index (χ0n) is 8.98. The summed E-state index contributed by atoms with van der Waals surface area (Å²) in [5, 5.41) is 3.66. The molecule has 3 heteroatoms. The second kappa shape index (κ2) is 5.89. The van der Waals surface area contributed by atoms with Crippen LogP contribution in [0.1, 0.15) is 19.4 Å². The number of halogens is 2. The standard InChI is InChI=1S/C12H15ClFN/c1-3-15-8-9(2)6-10-4-5-11(14)7-12(10)13/h4-7,15H,3,8H2,1-2H3/b9-6+. The summed E-state index contributed by atoms with van der Waals surface area (Å²) in [6.45, 7) is 5.83. The van der Waals surface area contributed by atoms with Crippen molar-refractivity contribution in [1.82, 2.24) is 5.32 Å². The first kappa shape index (κ1) is 12.2. The molecule has 1 nitrogen and oxygen atoms in total. The van der Waals surface area contributed by atoms with Gasteiger partial charge < -0.3 is 5.32 Å². The third-order valence-corrected chi connectivity index (χ3v) is 2.35. The molecule has 0 spiro atoms. The molecule has 0 unspecified atom stereocenters. The molecule has 0 heterocycles. The minimum atomic E-state index is -0.304. The lowest BCUT2D eigenvalue weighted by Crippen LogP contribution is -2.14. The Labute approximate surface area is 95.0 Å². The van der Waals surface area contributed by atoms with E-state index in [1.807, 2.05) is 13.0 Å². The molecule has 15 heavy (non-hydrogen) atoms. The number of nitrogens with one attached hydrogen (secondary N) is 1. The molecule has 0 aliphatic rings. The SMILES string of the molecule is CCNC/C(C)=C/c1ccc(F)cc1Cl. The largest absolute Gasteiger partial charge is 0.313 e. The molecule has 0 aromatic heterocycles. The molecule has 1 rings (SSSR count). The molecular weight excluding hydrogens is 213 g/mol. The van der Waals surface area contributed by atoms with Crippen molar-refractivity contribution in [3.63, 3.8) is 0 Å². The van der Waals surface area contributed by atoms with E-state index in [1.54, 1.807) is 6.07 Å². The Morgan fingerprint density at radius 2 is 2.27 bits per heavy atom. The van der Waals surface area contributed by atoms with E-state index in [-0.39, 0.29) is 5.82 Å². The van der Waals surface area contributed by atoms with Crippen LogP contribution in [0.15, 0.2) is 23.8 Å². The maximum atomic E-state index is 12.8. The molecule has 0 bridgehead atoms. The predicted octanol–water partition coefficient (Wildman–Crippen LogP) is 3.49. The summed E-state index contributed by atoms with van der Waals surface area (Å²) >= 11 is 5.90. The number of hydrogen-bond acceptors (Lipinski definition) is 1. The van der Waals surface area contributed by atoms with Crippen molar-refractivity contribution < 1.29 is 4.39 Å². The molecule has 0 amide bonds. The molecule has 0 radical (unpaired) electrons. The van der Waals surface area contributed by atoms with E-state index in [2.05, 4.69) is 12.2 Å². The Hall–Kier alpha value is -0.860. The van der Waals surface area contributed by atoms with Crippen LogP contribution in [0.4, 0.5) is 4.39 Å². The third kappa shape index (κ3) is 4.02. The van der Waals surface area contributed by atoms with Crippen LogP contribution in [0.5, 0.6) is 0 Å². The molecule has 1 N–H and O–H groups in total. The fourth-order valence-electron chi connectivity index (χ4n) is 1.26. The Bertz CT molecular complexity index is 361. The van der Waals surface area contributed by atoms with Crippen molar-refractivity contribution in [3.05, 3.63) is 40.2 Å². The van der Waals surface area contributed by atoms with Gasteiger partial charge >= 0.3 is 0 Å². The molecule has 1 aromatic carbocycles. The van der Waals surface area contributed by atoms with Crippen LogP contribution < -0.4 is 5.32 Å². The average Bonchev–Trinajstić information content (AvgIpc) is 2.19. The van der Waals surface area contributed by atoms with Gasteiger partial charge in [0.05, 0.1) is 5.02 Å². The highest BCUT2D eigenvalue weighted by atomic mass is 35.5. The monoisotopic (exact) mass is 227 g/mol. The molecule has 0 atom stereocenters. The Kier molecular flexibility index (Phi) is 4.79. The number of rotatable bonds is 4. The third-order valence-electron chi connectivity index (χ3n) is 2.02. The summed E-state index contributed by atoms with van der Waals surface area (Å²) in [6.07, 6.45) is 1.96. The highest BCUT2D eigenvalue weighted by Gasteiger charge is 1.99. The molecule has 0 saturated heterocycles. The average molecular weight is 228 g/mol. The Morgan fingerprint density at radius 3 is 2.87 bits per heavy atom. The summed E-state index contributed by atoms with van der Waals surface area (Å²) in [6, 6.07) is 4.43. The van der Waals surface area contributed by atoms with Crippen LogP contribution in [0.25, 0.3) is 6.08 Å². The Balaban J connectivity index is 2.78. The van der Waals surface area contributed by atoms with Gasteiger partial charge in [0.1, 0.15) is 5.82 Å². The summed E-state index contributed by atoms with van der Waals surface area (Å²) in [5.74, 6) is -0.304. The molecular formula is C12H15ClFN. The molecule has 82 valence electrons. The van der Waals surface area contributed by atoms with Crippen LogP contribution in [0.2, 0.25) is 5.02 Å².